The van der Waals surface area contributed by atoms with Crippen molar-refractivity contribution < 1.29 is 19.6 Å². The van der Waals surface area contributed by atoms with Gasteiger partial charge in [-0.3, -0.25) is 14.9 Å². The Morgan fingerprint density at radius 3 is 2.80 bits per heavy atom. The molecular formula is C13H18N2O5. The van der Waals surface area contributed by atoms with Gasteiger partial charge in [0.1, 0.15) is 0 Å². The van der Waals surface area contributed by atoms with Gasteiger partial charge in [-0.15, -0.1) is 0 Å². The Morgan fingerprint density at radius 1 is 1.55 bits per heavy atom. The lowest BCUT2D eigenvalue weighted by atomic mass is 10.0. The fourth-order valence-corrected chi connectivity index (χ4v) is 1.83. The largest absolute Gasteiger partial charge is 0.487 e. The van der Waals surface area contributed by atoms with E-state index in [0.717, 1.165) is 0 Å². The van der Waals surface area contributed by atoms with Gasteiger partial charge in [0.15, 0.2) is 5.75 Å². The van der Waals surface area contributed by atoms with Gasteiger partial charge in [0, 0.05) is 18.5 Å². The Labute approximate surface area is 116 Å². The van der Waals surface area contributed by atoms with E-state index in [1.165, 1.54) is 12.1 Å². The average molecular weight is 282 g/mol. The molecule has 1 unspecified atom stereocenters. The summed E-state index contributed by atoms with van der Waals surface area (Å²) in [7, 11) is 0. The molecule has 1 aromatic carbocycles. The van der Waals surface area contributed by atoms with Crippen molar-refractivity contribution >= 4 is 11.7 Å². The van der Waals surface area contributed by atoms with Crippen LogP contribution in [0.1, 0.15) is 37.8 Å². The molecule has 0 heterocycles. The molecule has 0 radical (unpaired) electrons. The first kappa shape index (κ1) is 15.9. The van der Waals surface area contributed by atoms with Gasteiger partial charge in [-0.2, -0.15) is 0 Å². The Bertz CT molecular complexity index is 490. The van der Waals surface area contributed by atoms with Crippen LogP contribution in [0.4, 0.5) is 5.69 Å². The van der Waals surface area contributed by atoms with E-state index in [-0.39, 0.29) is 17.9 Å². The molecule has 0 aliphatic rings. The highest BCUT2D eigenvalue weighted by Crippen LogP contribution is 2.30. The molecule has 0 amide bonds. The average Bonchev–Trinajstić information content (AvgIpc) is 2.38. The Hall–Kier alpha value is -2.15. The normalized spacial score (nSPS) is 11.9. The second-order valence-corrected chi connectivity index (χ2v) is 4.31. The van der Waals surface area contributed by atoms with Crippen molar-refractivity contribution in [2.75, 3.05) is 6.61 Å². The molecule has 0 bridgehead atoms. The SMILES string of the molecule is CCOc1ccc(C(N)CCCC(=O)O)cc1[N+](=O)[O-]. The van der Waals surface area contributed by atoms with Crippen LogP contribution < -0.4 is 10.5 Å². The highest BCUT2D eigenvalue weighted by molar-refractivity contribution is 5.66. The lowest BCUT2D eigenvalue weighted by Gasteiger charge is -2.12. The summed E-state index contributed by atoms with van der Waals surface area (Å²) < 4.78 is 5.19. The summed E-state index contributed by atoms with van der Waals surface area (Å²) in [4.78, 5) is 20.9. The smallest absolute Gasteiger partial charge is 0.311 e. The molecule has 0 aromatic heterocycles. The van der Waals surface area contributed by atoms with Gasteiger partial charge in [-0.25, -0.2) is 0 Å². The van der Waals surface area contributed by atoms with Gasteiger partial charge in [0.2, 0.25) is 0 Å². The summed E-state index contributed by atoms with van der Waals surface area (Å²) in [5, 5.41) is 19.5. The van der Waals surface area contributed by atoms with Crippen LogP contribution in [0.2, 0.25) is 0 Å². The van der Waals surface area contributed by atoms with E-state index in [1.54, 1.807) is 13.0 Å². The first-order valence-corrected chi connectivity index (χ1v) is 6.34. The molecule has 0 aliphatic carbocycles. The summed E-state index contributed by atoms with van der Waals surface area (Å²) in [6.45, 7) is 2.08. The molecule has 20 heavy (non-hydrogen) atoms. The highest BCUT2D eigenvalue weighted by atomic mass is 16.6. The molecule has 0 saturated heterocycles. The summed E-state index contributed by atoms with van der Waals surface area (Å²) in [5.41, 5.74) is 6.39. The standard InChI is InChI=1S/C13H18N2O5/c1-2-20-12-7-6-9(8-11(12)15(18)19)10(14)4-3-5-13(16)17/h6-8,10H,2-5,14H2,1H3,(H,16,17). The zero-order chi connectivity index (χ0) is 15.1. The van der Waals surface area contributed by atoms with E-state index >= 15 is 0 Å². The third-order valence-electron chi connectivity index (χ3n) is 2.81. The fraction of sp³-hybridized carbons (Fsp3) is 0.462. The second-order valence-electron chi connectivity index (χ2n) is 4.31. The number of carboxylic acid groups (broad SMARTS) is 1. The van der Waals surface area contributed by atoms with Crippen molar-refractivity contribution in [3.05, 3.63) is 33.9 Å². The topological polar surface area (TPSA) is 116 Å². The first-order chi connectivity index (χ1) is 9.45. The number of nitrogens with zero attached hydrogens (tertiary/aromatic N) is 1. The molecule has 1 atom stereocenters. The summed E-state index contributed by atoms with van der Waals surface area (Å²) in [6, 6.07) is 4.15. The molecule has 0 aliphatic heterocycles. The number of hydrogen-bond donors (Lipinski definition) is 2. The first-order valence-electron chi connectivity index (χ1n) is 6.34. The van der Waals surface area contributed by atoms with E-state index in [9.17, 15) is 14.9 Å². The minimum atomic E-state index is -0.880. The lowest BCUT2D eigenvalue weighted by Crippen LogP contribution is -2.11. The monoisotopic (exact) mass is 282 g/mol. The van der Waals surface area contributed by atoms with Crippen LogP contribution in [0, 0.1) is 10.1 Å². The lowest BCUT2D eigenvalue weighted by molar-refractivity contribution is -0.385. The number of hydrogen-bond acceptors (Lipinski definition) is 5. The number of nitrogens with two attached hydrogens (primary N) is 1. The van der Waals surface area contributed by atoms with Crippen molar-refractivity contribution in [2.24, 2.45) is 5.73 Å². The van der Waals surface area contributed by atoms with Crippen LogP contribution >= 0.6 is 0 Å². The van der Waals surface area contributed by atoms with Gasteiger partial charge < -0.3 is 15.6 Å². The Morgan fingerprint density at radius 2 is 2.25 bits per heavy atom. The van der Waals surface area contributed by atoms with Gasteiger partial charge in [-0.1, -0.05) is 6.07 Å². The van der Waals surface area contributed by atoms with Crippen molar-refractivity contribution in [3.63, 3.8) is 0 Å². The summed E-state index contributed by atoms with van der Waals surface area (Å²) in [6.07, 6.45) is 0.918. The van der Waals surface area contributed by atoms with Crippen molar-refractivity contribution in [1.29, 1.82) is 0 Å². The quantitative estimate of drug-likeness (QED) is 0.558. The zero-order valence-corrected chi connectivity index (χ0v) is 11.2. The number of carboxylic acids is 1. The molecule has 1 aromatic rings. The maximum absolute atomic E-state index is 11.0. The van der Waals surface area contributed by atoms with Crippen LogP contribution in [-0.2, 0) is 4.79 Å². The minimum Gasteiger partial charge on any atom is -0.487 e. The molecule has 0 saturated carbocycles. The number of carbonyl (C=O) groups is 1. The maximum atomic E-state index is 11.0. The molecule has 0 fully saturated rings. The van der Waals surface area contributed by atoms with Gasteiger partial charge >= 0.3 is 11.7 Å². The van der Waals surface area contributed by atoms with E-state index in [2.05, 4.69) is 0 Å². The number of rotatable bonds is 8. The predicted octanol–water partition coefficient (Wildman–Crippen LogP) is 2.25. The van der Waals surface area contributed by atoms with Gasteiger partial charge in [0.05, 0.1) is 11.5 Å². The zero-order valence-electron chi connectivity index (χ0n) is 11.2. The van der Waals surface area contributed by atoms with Crippen LogP contribution in [0.3, 0.4) is 0 Å². The fourth-order valence-electron chi connectivity index (χ4n) is 1.83. The third-order valence-corrected chi connectivity index (χ3v) is 2.81. The van der Waals surface area contributed by atoms with E-state index in [4.69, 9.17) is 15.6 Å². The van der Waals surface area contributed by atoms with Crippen LogP contribution in [0.25, 0.3) is 0 Å². The maximum Gasteiger partial charge on any atom is 0.311 e. The molecule has 0 spiro atoms. The van der Waals surface area contributed by atoms with E-state index in [0.29, 0.717) is 25.0 Å². The third kappa shape index (κ3) is 4.51. The highest BCUT2D eigenvalue weighted by Gasteiger charge is 2.18. The van der Waals surface area contributed by atoms with Crippen LogP contribution in [-0.4, -0.2) is 22.6 Å². The molecule has 7 nitrogen and oxygen atoms in total. The number of ether oxygens (including phenoxy) is 1. The molecule has 1 rings (SSSR count). The minimum absolute atomic E-state index is 0.0345. The number of benzene rings is 1. The summed E-state index contributed by atoms with van der Waals surface area (Å²) in [5.74, 6) is -0.672. The Balaban J connectivity index is 2.82. The molecule has 3 N–H and O–H groups in total. The molecule has 110 valence electrons. The van der Waals surface area contributed by atoms with E-state index < -0.39 is 16.9 Å². The number of aliphatic carboxylic acids is 1. The molecule has 7 heteroatoms. The van der Waals surface area contributed by atoms with Crippen LogP contribution in [0.15, 0.2) is 18.2 Å². The van der Waals surface area contributed by atoms with E-state index in [1.807, 2.05) is 0 Å². The van der Waals surface area contributed by atoms with Crippen molar-refractivity contribution in [2.45, 2.75) is 32.2 Å². The second kappa shape index (κ2) is 7.44. The van der Waals surface area contributed by atoms with Gasteiger partial charge in [-0.05, 0) is 31.4 Å². The van der Waals surface area contributed by atoms with Gasteiger partial charge in [0.25, 0.3) is 0 Å². The van der Waals surface area contributed by atoms with Crippen molar-refractivity contribution in [1.82, 2.24) is 0 Å². The molecular weight excluding hydrogens is 264 g/mol. The number of nitro groups is 1. The number of nitro benzene ring substituents is 1. The Kier molecular flexibility index (Phi) is 5.92. The van der Waals surface area contributed by atoms with Crippen molar-refractivity contribution in [3.8, 4) is 5.75 Å². The predicted molar refractivity (Wildman–Crippen MR) is 72.7 cm³/mol. The van der Waals surface area contributed by atoms with Crippen LogP contribution in [0.5, 0.6) is 5.75 Å². The summed E-state index contributed by atoms with van der Waals surface area (Å²) >= 11 is 0.